The largest absolute Gasteiger partial charge is 0.494 e. The number of para-hydroxylation sites is 1. The van der Waals surface area contributed by atoms with Gasteiger partial charge < -0.3 is 10.1 Å². The van der Waals surface area contributed by atoms with Crippen molar-refractivity contribution in [3.8, 4) is 17.1 Å². The Morgan fingerprint density at radius 1 is 1.04 bits per heavy atom. The fourth-order valence-electron chi connectivity index (χ4n) is 2.53. The van der Waals surface area contributed by atoms with Crippen molar-refractivity contribution >= 4 is 27.1 Å². The number of fused-ring (bicyclic) bond motifs is 1. The van der Waals surface area contributed by atoms with Gasteiger partial charge >= 0.3 is 0 Å². The summed E-state index contributed by atoms with van der Waals surface area (Å²) in [5.74, 6) is 1.59. The van der Waals surface area contributed by atoms with Crippen LogP contribution in [0.3, 0.4) is 0 Å². The molecule has 0 aliphatic rings. The number of hydrogen-bond donors (Lipinski definition) is 1. The summed E-state index contributed by atoms with van der Waals surface area (Å²) in [5, 5.41) is 17.2. The lowest BCUT2D eigenvalue weighted by molar-refractivity contribution is 0.309. The third kappa shape index (κ3) is 3.52. The van der Waals surface area contributed by atoms with Crippen LogP contribution in [0.4, 0.5) is 10.8 Å². The number of ether oxygens (including phenoxy) is 1. The fourth-order valence-corrected chi connectivity index (χ4v) is 3.29. The average Bonchev–Trinajstić information content (AvgIpc) is 3.24. The summed E-state index contributed by atoms with van der Waals surface area (Å²) in [6, 6.07) is 17.8. The first-order chi connectivity index (χ1) is 12.8. The first-order valence-corrected chi connectivity index (χ1v) is 9.42. The van der Waals surface area contributed by atoms with Crippen molar-refractivity contribution in [1.82, 2.24) is 19.8 Å². The molecule has 0 spiro atoms. The molecule has 4 aromatic rings. The van der Waals surface area contributed by atoms with E-state index in [9.17, 15) is 0 Å². The monoisotopic (exact) mass is 365 g/mol. The van der Waals surface area contributed by atoms with Gasteiger partial charge in [-0.15, -0.1) is 15.3 Å². The Morgan fingerprint density at radius 3 is 2.62 bits per heavy atom. The third-order valence-electron chi connectivity index (χ3n) is 3.90. The molecule has 0 amide bonds. The van der Waals surface area contributed by atoms with Crippen LogP contribution in [0.2, 0.25) is 0 Å². The topological polar surface area (TPSA) is 64.3 Å². The van der Waals surface area contributed by atoms with E-state index in [1.165, 1.54) is 11.3 Å². The minimum Gasteiger partial charge on any atom is -0.494 e. The number of rotatable bonds is 7. The highest BCUT2D eigenvalue weighted by Crippen LogP contribution is 2.27. The van der Waals surface area contributed by atoms with E-state index < -0.39 is 0 Å². The predicted octanol–water partition coefficient (Wildman–Crippen LogP) is 4.78. The zero-order chi connectivity index (χ0) is 17.8. The minimum atomic E-state index is 0.720. The third-order valence-corrected chi connectivity index (χ3v) is 4.71. The SMILES string of the molecule is CCCCOc1ccc(-c2nnc3sc(Nc4ccccc4)nn23)cc1. The molecule has 1 N–H and O–H groups in total. The highest BCUT2D eigenvalue weighted by atomic mass is 32.1. The lowest BCUT2D eigenvalue weighted by atomic mass is 10.2. The number of nitrogens with zero attached hydrogens (tertiary/aromatic N) is 4. The van der Waals surface area contributed by atoms with Gasteiger partial charge in [0.15, 0.2) is 5.82 Å². The number of unbranched alkanes of at least 4 members (excludes halogenated alkanes) is 1. The van der Waals surface area contributed by atoms with Crippen LogP contribution in [-0.4, -0.2) is 26.4 Å². The molecule has 0 fully saturated rings. The minimum absolute atomic E-state index is 0.720. The Labute approximate surface area is 155 Å². The first-order valence-electron chi connectivity index (χ1n) is 8.61. The lowest BCUT2D eigenvalue weighted by Crippen LogP contribution is -1.97. The molecule has 0 atom stereocenters. The fraction of sp³-hybridized carbons (Fsp3) is 0.211. The van der Waals surface area contributed by atoms with E-state index in [2.05, 4.69) is 27.5 Å². The Morgan fingerprint density at radius 2 is 1.85 bits per heavy atom. The van der Waals surface area contributed by atoms with Crippen molar-refractivity contribution in [2.75, 3.05) is 11.9 Å². The highest BCUT2D eigenvalue weighted by molar-refractivity contribution is 7.20. The second-order valence-corrected chi connectivity index (χ2v) is 6.80. The molecule has 0 radical (unpaired) electrons. The quantitative estimate of drug-likeness (QED) is 0.478. The Hall–Kier alpha value is -2.93. The number of hydrogen-bond acceptors (Lipinski definition) is 6. The molecule has 0 aliphatic carbocycles. The molecule has 0 aliphatic heterocycles. The maximum absolute atomic E-state index is 5.71. The average molecular weight is 365 g/mol. The Balaban J connectivity index is 1.55. The number of aromatic nitrogens is 4. The van der Waals surface area contributed by atoms with E-state index in [-0.39, 0.29) is 0 Å². The zero-order valence-corrected chi connectivity index (χ0v) is 15.2. The molecule has 2 aromatic heterocycles. The number of nitrogens with one attached hydrogen (secondary N) is 1. The molecule has 0 bridgehead atoms. The van der Waals surface area contributed by atoms with Gasteiger partial charge in [-0.25, -0.2) is 0 Å². The van der Waals surface area contributed by atoms with Gasteiger partial charge in [0.1, 0.15) is 5.75 Å². The molecule has 2 aromatic carbocycles. The van der Waals surface area contributed by atoms with E-state index in [0.29, 0.717) is 0 Å². The zero-order valence-electron chi connectivity index (χ0n) is 14.4. The van der Waals surface area contributed by atoms with Crippen LogP contribution < -0.4 is 10.1 Å². The highest BCUT2D eigenvalue weighted by Gasteiger charge is 2.13. The van der Waals surface area contributed by atoms with Crippen molar-refractivity contribution in [3.05, 3.63) is 54.6 Å². The van der Waals surface area contributed by atoms with Crippen molar-refractivity contribution in [2.24, 2.45) is 0 Å². The van der Waals surface area contributed by atoms with E-state index in [1.807, 2.05) is 54.6 Å². The Kier molecular flexibility index (Phi) is 4.79. The van der Waals surface area contributed by atoms with E-state index in [0.717, 1.165) is 52.4 Å². The molecular weight excluding hydrogens is 346 g/mol. The second kappa shape index (κ2) is 7.53. The van der Waals surface area contributed by atoms with Gasteiger partial charge in [0, 0.05) is 11.3 Å². The molecule has 132 valence electrons. The summed E-state index contributed by atoms with van der Waals surface area (Å²) >= 11 is 1.47. The molecule has 6 nitrogen and oxygen atoms in total. The van der Waals surface area contributed by atoms with Crippen molar-refractivity contribution < 1.29 is 4.74 Å². The van der Waals surface area contributed by atoms with E-state index >= 15 is 0 Å². The van der Waals surface area contributed by atoms with Gasteiger partial charge in [0.25, 0.3) is 0 Å². The molecule has 0 unspecified atom stereocenters. The molecule has 0 saturated carbocycles. The van der Waals surface area contributed by atoms with Crippen LogP contribution in [0.5, 0.6) is 5.75 Å². The van der Waals surface area contributed by atoms with Crippen LogP contribution in [0.15, 0.2) is 54.6 Å². The summed E-state index contributed by atoms with van der Waals surface area (Å²) in [6.07, 6.45) is 2.18. The maximum atomic E-state index is 5.71. The summed E-state index contributed by atoms with van der Waals surface area (Å²) in [4.78, 5) is 0.752. The Bertz CT molecular complexity index is 978. The van der Waals surface area contributed by atoms with Gasteiger partial charge in [-0.2, -0.15) is 4.52 Å². The van der Waals surface area contributed by atoms with Crippen molar-refractivity contribution in [2.45, 2.75) is 19.8 Å². The van der Waals surface area contributed by atoms with Crippen molar-refractivity contribution in [3.63, 3.8) is 0 Å². The van der Waals surface area contributed by atoms with Crippen LogP contribution in [0.1, 0.15) is 19.8 Å². The molecular formula is C19H19N5OS. The van der Waals surface area contributed by atoms with Gasteiger partial charge in [-0.05, 0) is 42.8 Å². The van der Waals surface area contributed by atoms with Gasteiger partial charge in [-0.3, -0.25) is 0 Å². The number of anilines is 2. The summed E-state index contributed by atoms with van der Waals surface area (Å²) in [5.41, 5.74) is 1.95. The molecule has 26 heavy (non-hydrogen) atoms. The van der Waals surface area contributed by atoms with Crippen molar-refractivity contribution in [1.29, 1.82) is 0 Å². The lowest BCUT2D eigenvalue weighted by Gasteiger charge is -2.05. The van der Waals surface area contributed by atoms with Crippen LogP contribution in [0, 0.1) is 0 Å². The summed E-state index contributed by atoms with van der Waals surface area (Å²) in [6.45, 7) is 2.89. The smallest absolute Gasteiger partial charge is 0.236 e. The maximum Gasteiger partial charge on any atom is 0.236 e. The van der Waals surface area contributed by atoms with Gasteiger partial charge in [-0.1, -0.05) is 42.9 Å². The predicted molar refractivity (Wildman–Crippen MR) is 104 cm³/mol. The van der Waals surface area contributed by atoms with Crippen LogP contribution in [-0.2, 0) is 0 Å². The molecule has 4 rings (SSSR count). The molecule has 2 heterocycles. The summed E-state index contributed by atoms with van der Waals surface area (Å²) in [7, 11) is 0. The molecule has 7 heteroatoms. The normalized spacial score (nSPS) is 11.0. The van der Waals surface area contributed by atoms with Crippen LogP contribution >= 0.6 is 11.3 Å². The molecule has 0 saturated heterocycles. The second-order valence-electron chi connectivity index (χ2n) is 5.84. The van der Waals surface area contributed by atoms with Crippen LogP contribution in [0.25, 0.3) is 16.3 Å². The summed E-state index contributed by atoms with van der Waals surface area (Å²) < 4.78 is 7.48. The standard InChI is InChI=1S/C19H19N5OS/c1-2-3-13-25-16-11-9-14(10-12-16)17-21-22-19-24(17)23-18(26-19)20-15-7-5-4-6-8-15/h4-12H,2-3,13H2,1H3,(H,20,23). The van der Waals surface area contributed by atoms with Gasteiger partial charge in [0.05, 0.1) is 6.61 Å². The first kappa shape index (κ1) is 16.5. The number of benzene rings is 2. The van der Waals surface area contributed by atoms with Gasteiger partial charge in [0.2, 0.25) is 10.1 Å². The van der Waals surface area contributed by atoms with E-state index in [1.54, 1.807) is 4.52 Å². The van der Waals surface area contributed by atoms with E-state index in [4.69, 9.17) is 4.74 Å².